The van der Waals surface area contributed by atoms with E-state index in [2.05, 4.69) is 0 Å². The Morgan fingerprint density at radius 3 is 2.43 bits per heavy atom. The van der Waals surface area contributed by atoms with E-state index >= 15 is 0 Å². The van der Waals surface area contributed by atoms with Gasteiger partial charge in [-0.1, -0.05) is 23.7 Å². The fourth-order valence-corrected chi connectivity index (χ4v) is 2.30. The molecule has 1 aromatic heterocycles. The molecule has 1 heterocycles. The highest BCUT2D eigenvalue weighted by molar-refractivity contribution is 6.34. The van der Waals surface area contributed by atoms with E-state index in [1.54, 1.807) is 18.2 Å². The Bertz CT molecular complexity index is 829. The predicted octanol–water partition coefficient (Wildman–Crippen LogP) is 4.59. The molecule has 3 rings (SSSR count). The molecule has 108 valence electrons. The van der Waals surface area contributed by atoms with Gasteiger partial charge in [0.05, 0.1) is 5.02 Å². The highest BCUT2D eigenvalue weighted by Gasteiger charge is 2.22. The number of hydrogen-bond donors (Lipinski definition) is 1. The van der Waals surface area contributed by atoms with E-state index < -0.39 is 29.1 Å². The number of benzene rings is 2. The molecular weight excluding hydrogens is 305 g/mol. The third-order valence-corrected chi connectivity index (χ3v) is 3.42. The van der Waals surface area contributed by atoms with E-state index in [1.165, 1.54) is 6.07 Å². The predicted molar refractivity (Wildman–Crippen MR) is 71.6 cm³/mol. The summed E-state index contributed by atoms with van der Waals surface area (Å²) in [6.45, 7) is 0. The molecule has 0 aliphatic carbocycles. The first-order valence-electron chi connectivity index (χ1n) is 5.98. The van der Waals surface area contributed by atoms with Crippen molar-refractivity contribution in [2.24, 2.45) is 0 Å². The number of hydrogen-bond acceptors (Lipinski definition) is 2. The molecule has 3 aromatic rings. The zero-order chi connectivity index (χ0) is 15.1. The standard InChI is InChI=1S/C15H8ClF3O2/c16-9-3-1-2-7-4-13(21-15(7)9)14(20)8-5-11(18)12(19)6-10(8)17/h1-6,14,20H. The average Bonchev–Trinajstić information content (AvgIpc) is 2.87. The van der Waals surface area contributed by atoms with Gasteiger partial charge in [0.2, 0.25) is 0 Å². The monoisotopic (exact) mass is 312 g/mol. The Labute approximate surface area is 122 Å². The van der Waals surface area contributed by atoms with Gasteiger partial charge in [0, 0.05) is 17.0 Å². The number of fused-ring (bicyclic) bond motifs is 1. The largest absolute Gasteiger partial charge is 0.456 e. The van der Waals surface area contributed by atoms with Crippen LogP contribution >= 0.6 is 11.6 Å². The Balaban J connectivity index is 2.10. The third-order valence-electron chi connectivity index (χ3n) is 3.12. The summed E-state index contributed by atoms with van der Waals surface area (Å²) >= 11 is 5.94. The Kier molecular flexibility index (Phi) is 3.39. The van der Waals surface area contributed by atoms with Crippen LogP contribution in [0.3, 0.4) is 0 Å². The van der Waals surface area contributed by atoms with Crippen LogP contribution in [0.1, 0.15) is 17.4 Å². The van der Waals surface area contributed by atoms with Gasteiger partial charge in [-0.15, -0.1) is 0 Å². The van der Waals surface area contributed by atoms with Crippen LogP contribution < -0.4 is 0 Å². The average molecular weight is 313 g/mol. The maximum absolute atomic E-state index is 13.7. The summed E-state index contributed by atoms with van der Waals surface area (Å²) in [5.41, 5.74) is -0.0831. The zero-order valence-electron chi connectivity index (χ0n) is 10.4. The minimum atomic E-state index is -1.57. The van der Waals surface area contributed by atoms with Crippen LogP contribution in [0.15, 0.2) is 40.8 Å². The van der Waals surface area contributed by atoms with Crippen molar-refractivity contribution in [1.29, 1.82) is 0 Å². The molecule has 2 aromatic carbocycles. The first-order valence-corrected chi connectivity index (χ1v) is 6.35. The van der Waals surface area contributed by atoms with Crippen LogP contribution in [0.2, 0.25) is 5.02 Å². The van der Waals surface area contributed by atoms with Gasteiger partial charge >= 0.3 is 0 Å². The van der Waals surface area contributed by atoms with Gasteiger partial charge in [-0.2, -0.15) is 0 Å². The Hall–Kier alpha value is -1.98. The van der Waals surface area contributed by atoms with E-state index in [9.17, 15) is 18.3 Å². The fraction of sp³-hybridized carbons (Fsp3) is 0.0667. The summed E-state index contributed by atoms with van der Waals surface area (Å²) in [7, 11) is 0. The lowest BCUT2D eigenvalue weighted by molar-refractivity contribution is 0.186. The lowest BCUT2D eigenvalue weighted by Gasteiger charge is -2.09. The van der Waals surface area contributed by atoms with Crippen LogP contribution in [0.25, 0.3) is 11.0 Å². The second-order valence-corrected chi connectivity index (χ2v) is 4.90. The number of furan rings is 1. The van der Waals surface area contributed by atoms with E-state index in [0.29, 0.717) is 28.1 Å². The summed E-state index contributed by atoms with van der Waals surface area (Å²) in [4.78, 5) is 0. The van der Waals surface area contributed by atoms with Crippen LogP contribution in [0.4, 0.5) is 13.2 Å². The topological polar surface area (TPSA) is 33.4 Å². The molecule has 1 N–H and O–H groups in total. The molecule has 0 bridgehead atoms. The molecule has 2 nitrogen and oxygen atoms in total. The van der Waals surface area contributed by atoms with Gasteiger partial charge < -0.3 is 9.52 Å². The fourth-order valence-electron chi connectivity index (χ4n) is 2.08. The van der Waals surface area contributed by atoms with Crippen LogP contribution in [-0.2, 0) is 0 Å². The molecule has 0 aliphatic rings. The summed E-state index contributed by atoms with van der Waals surface area (Å²) in [5.74, 6) is -3.65. The minimum absolute atomic E-state index is 0.0111. The smallest absolute Gasteiger partial charge is 0.161 e. The van der Waals surface area contributed by atoms with E-state index in [-0.39, 0.29) is 5.76 Å². The first-order chi connectivity index (χ1) is 9.97. The van der Waals surface area contributed by atoms with Gasteiger partial charge in [0.15, 0.2) is 17.2 Å². The summed E-state index contributed by atoms with van der Waals surface area (Å²) < 4.78 is 45.1. The number of rotatable bonds is 2. The summed E-state index contributed by atoms with van der Waals surface area (Å²) in [6.07, 6.45) is -1.57. The van der Waals surface area contributed by atoms with E-state index in [4.69, 9.17) is 16.0 Å². The van der Waals surface area contributed by atoms with Crippen LogP contribution in [0.5, 0.6) is 0 Å². The van der Waals surface area contributed by atoms with Crippen molar-refractivity contribution in [2.75, 3.05) is 0 Å². The van der Waals surface area contributed by atoms with Crippen molar-refractivity contribution in [2.45, 2.75) is 6.10 Å². The number of aliphatic hydroxyl groups excluding tert-OH is 1. The van der Waals surface area contributed by atoms with Gasteiger partial charge in [0.25, 0.3) is 0 Å². The molecule has 0 amide bonds. The van der Waals surface area contributed by atoms with Crippen molar-refractivity contribution >= 4 is 22.6 Å². The molecule has 0 aliphatic heterocycles. The SMILES string of the molecule is OC(c1cc2cccc(Cl)c2o1)c1cc(F)c(F)cc1F. The number of halogens is 4. The molecule has 0 saturated heterocycles. The number of aliphatic hydroxyl groups is 1. The summed E-state index contributed by atoms with van der Waals surface area (Å²) in [6, 6.07) is 7.43. The molecule has 6 heteroatoms. The Morgan fingerprint density at radius 2 is 1.71 bits per heavy atom. The van der Waals surface area contributed by atoms with Crippen LogP contribution in [0, 0.1) is 17.5 Å². The Morgan fingerprint density at radius 1 is 1.00 bits per heavy atom. The van der Waals surface area contributed by atoms with Gasteiger partial charge in [-0.25, -0.2) is 13.2 Å². The van der Waals surface area contributed by atoms with Crippen LogP contribution in [-0.4, -0.2) is 5.11 Å². The van der Waals surface area contributed by atoms with Gasteiger partial charge in [0.1, 0.15) is 17.7 Å². The van der Waals surface area contributed by atoms with E-state index in [1.807, 2.05) is 0 Å². The lowest BCUT2D eigenvalue weighted by atomic mass is 10.1. The number of para-hydroxylation sites is 1. The quantitative estimate of drug-likeness (QED) is 0.702. The third kappa shape index (κ3) is 2.39. The van der Waals surface area contributed by atoms with Crippen molar-refractivity contribution in [3.63, 3.8) is 0 Å². The molecule has 1 atom stereocenters. The zero-order valence-corrected chi connectivity index (χ0v) is 11.2. The molecule has 0 fully saturated rings. The normalized spacial score (nSPS) is 12.8. The van der Waals surface area contributed by atoms with Crippen molar-refractivity contribution in [1.82, 2.24) is 0 Å². The van der Waals surface area contributed by atoms with Gasteiger partial charge in [-0.3, -0.25) is 0 Å². The first kappa shape index (κ1) is 14.0. The second kappa shape index (κ2) is 5.09. The maximum atomic E-state index is 13.7. The lowest BCUT2D eigenvalue weighted by Crippen LogP contribution is -2.03. The molecule has 1 unspecified atom stereocenters. The van der Waals surface area contributed by atoms with E-state index in [0.717, 1.165) is 0 Å². The van der Waals surface area contributed by atoms with Crippen molar-refractivity contribution in [3.05, 3.63) is 70.2 Å². The molecule has 21 heavy (non-hydrogen) atoms. The molecule has 0 saturated carbocycles. The highest BCUT2D eigenvalue weighted by atomic mass is 35.5. The minimum Gasteiger partial charge on any atom is -0.456 e. The molecule has 0 radical (unpaired) electrons. The van der Waals surface area contributed by atoms with Crippen molar-refractivity contribution < 1.29 is 22.7 Å². The second-order valence-electron chi connectivity index (χ2n) is 4.50. The van der Waals surface area contributed by atoms with Crippen molar-refractivity contribution in [3.8, 4) is 0 Å². The maximum Gasteiger partial charge on any atom is 0.161 e. The molecular formula is C15H8ClF3O2. The highest BCUT2D eigenvalue weighted by Crippen LogP contribution is 2.33. The van der Waals surface area contributed by atoms with Gasteiger partial charge in [-0.05, 0) is 18.2 Å². The molecule has 0 spiro atoms. The summed E-state index contributed by atoms with van der Waals surface area (Å²) in [5, 5.41) is 11.1.